The molecule has 0 heterocycles. The SMILES string of the molecule is [C-]#[N+]c1cccc(C2=CCCc3ccc(C(=O)OC)cc32)c1F. The molecule has 2 aromatic rings. The smallest absolute Gasteiger partial charge is 0.337 e. The lowest BCUT2D eigenvalue weighted by Gasteiger charge is -2.19. The molecule has 2 aromatic carbocycles. The molecule has 0 radical (unpaired) electrons. The first-order chi connectivity index (χ1) is 11.2. The van der Waals surface area contributed by atoms with Crippen molar-refractivity contribution in [3.05, 3.63) is 82.0 Å². The van der Waals surface area contributed by atoms with E-state index in [-0.39, 0.29) is 5.69 Å². The van der Waals surface area contributed by atoms with Gasteiger partial charge in [-0.15, -0.1) is 0 Å². The number of aryl methyl sites for hydroxylation is 1. The van der Waals surface area contributed by atoms with Crippen LogP contribution in [0.1, 0.15) is 33.5 Å². The van der Waals surface area contributed by atoms with Crippen molar-refractivity contribution in [3.8, 4) is 0 Å². The number of carbonyl (C=O) groups is 1. The lowest BCUT2D eigenvalue weighted by atomic mass is 9.85. The maximum atomic E-state index is 14.5. The second kappa shape index (κ2) is 6.05. The van der Waals surface area contributed by atoms with Gasteiger partial charge >= 0.3 is 5.97 Å². The van der Waals surface area contributed by atoms with Crippen LogP contribution in [-0.2, 0) is 11.2 Å². The summed E-state index contributed by atoms with van der Waals surface area (Å²) in [5.74, 6) is -0.946. The van der Waals surface area contributed by atoms with Crippen LogP contribution in [0.4, 0.5) is 10.1 Å². The van der Waals surface area contributed by atoms with Crippen molar-refractivity contribution >= 4 is 17.2 Å². The van der Waals surface area contributed by atoms with Gasteiger partial charge in [-0.05, 0) is 41.7 Å². The minimum absolute atomic E-state index is 0.000328. The fraction of sp³-hybridized carbons (Fsp3) is 0.158. The first kappa shape index (κ1) is 15.0. The molecule has 0 saturated carbocycles. The Balaban J connectivity index is 2.16. The van der Waals surface area contributed by atoms with Crippen molar-refractivity contribution in [2.75, 3.05) is 7.11 Å². The average molecular weight is 307 g/mol. The van der Waals surface area contributed by atoms with Crippen molar-refractivity contribution in [2.24, 2.45) is 0 Å². The van der Waals surface area contributed by atoms with E-state index in [2.05, 4.69) is 4.85 Å². The molecule has 0 atom stereocenters. The molecule has 0 fully saturated rings. The first-order valence-electron chi connectivity index (χ1n) is 7.24. The Morgan fingerprint density at radius 1 is 1.26 bits per heavy atom. The Morgan fingerprint density at radius 2 is 2.09 bits per heavy atom. The quantitative estimate of drug-likeness (QED) is 0.602. The third kappa shape index (κ3) is 2.62. The van der Waals surface area contributed by atoms with Gasteiger partial charge in [-0.1, -0.05) is 30.3 Å². The van der Waals surface area contributed by atoms with Gasteiger partial charge in [-0.2, -0.15) is 0 Å². The number of esters is 1. The molecule has 1 aliphatic rings. The number of hydrogen-bond acceptors (Lipinski definition) is 2. The molecule has 0 amide bonds. The lowest BCUT2D eigenvalue weighted by molar-refractivity contribution is 0.0600. The van der Waals surface area contributed by atoms with E-state index >= 15 is 0 Å². The fourth-order valence-corrected chi connectivity index (χ4v) is 2.84. The number of benzene rings is 2. The number of hydrogen-bond donors (Lipinski definition) is 0. The number of nitrogens with zero attached hydrogens (tertiary/aromatic N) is 1. The van der Waals surface area contributed by atoms with Crippen LogP contribution in [0.15, 0.2) is 42.5 Å². The molecule has 0 aliphatic heterocycles. The minimum Gasteiger partial charge on any atom is -0.465 e. The van der Waals surface area contributed by atoms with Crippen molar-refractivity contribution in [2.45, 2.75) is 12.8 Å². The molecule has 0 spiro atoms. The second-order valence-electron chi connectivity index (χ2n) is 5.27. The van der Waals surface area contributed by atoms with Crippen LogP contribution >= 0.6 is 0 Å². The number of allylic oxidation sites excluding steroid dienone is 1. The number of fused-ring (bicyclic) bond motifs is 1. The van der Waals surface area contributed by atoms with E-state index < -0.39 is 11.8 Å². The zero-order valence-electron chi connectivity index (χ0n) is 12.6. The second-order valence-corrected chi connectivity index (χ2v) is 5.27. The minimum atomic E-state index is -0.523. The van der Waals surface area contributed by atoms with Crippen LogP contribution in [0.25, 0.3) is 10.4 Å². The summed E-state index contributed by atoms with van der Waals surface area (Å²) in [5.41, 5.74) is 3.42. The Bertz CT molecular complexity index is 862. The zero-order chi connectivity index (χ0) is 16.4. The number of halogens is 1. The molecular formula is C19H14FNO2. The van der Waals surface area contributed by atoms with E-state index in [0.29, 0.717) is 11.1 Å². The molecule has 4 heteroatoms. The molecule has 0 saturated heterocycles. The molecule has 23 heavy (non-hydrogen) atoms. The van der Waals surface area contributed by atoms with E-state index in [1.807, 2.05) is 12.1 Å². The Labute approximate surface area is 133 Å². The van der Waals surface area contributed by atoms with Gasteiger partial charge in [0.1, 0.15) is 5.82 Å². The van der Waals surface area contributed by atoms with Crippen LogP contribution in [-0.4, -0.2) is 13.1 Å². The summed E-state index contributed by atoms with van der Waals surface area (Å²) in [7, 11) is 1.33. The summed E-state index contributed by atoms with van der Waals surface area (Å²) in [6.07, 6.45) is 3.58. The number of methoxy groups -OCH3 is 1. The topological polar surface area (TPSA) is 30.7 Å². The monoisotopic (exact) mass is 307 g/mol. The highest BCUT2D eigenvalue weighted by Crippen LogP contribution is 2.36. The Hall–Kier alpha value is -2.93. The van der Waals surface area contributed by atoms with Crippen LogP contribution in [0.2, 0.25) is 0 Å². The largest absolute Gasteiger partial charge is 0.465 e. The summed E-state index contributed by atoms with van der Waals surface area (Å²) in [6, 6.07) is 10.1. The van der Waals surface area contributed by atoms with Gasteiger partial charge < -0.3 is 4.74 Å². The van der Waals surface area contributed by atoms with Gasteiger partial charge in [0.15, 0.2) is 0 Å². The number of carbonyl (C=O) groups excluding carboxylic acids is 1. The summed E-state index contributed by atoms with van der Waals surface area (Å²) in [5, 5.41) is 0. The third-order valence-electron chi connectivity index (χ3n) is 3.97. The maximum absolute atomic E-state index is 14.5. The number of ether oxygens (including phenoxy) is 1. The molecule has 0 N–H and O–H groups in total. The molecule has 1 aliphatic carbocycles. The van der Waals surface area contributed by atoms with Gasteiger partial charge in [0.05, 0.1) is 19.2 Å². The van der Waals surface area contributed by atoms with E-state index in [9.17, 15) is 9.18 Å². The number of rotatable bonds is 2. The summed E-state index contributed by atoms with van der Waals surface area (Å²) < 4.78 is 19.3. The predicted molar refractivity (Wildman–Crippen MR) is 85.8 cm³/mol. The highest BCUT2D eigenvalue weighted by Gasteiger charge is 2.20. The average Bonchev–Trinajstić information content (AvgIpc) is 2.60. The van der Waals surface area contributed by atoms with E-state index in [4.69, 9.17) is 11.3 Å². The van der Waals surface area contributed by atoms with Crippen molar-refractivity contribution < 1.29 is 13.9 Å². The van der Waals surface area contributed by atoms with E-state index in [1.54, 1.807) is 24.3 Å². The molecule has 0 aromatic heterocycles. The summed E-state index contributed by atoms with van der Waals surface area (Å²) in [6.45, 7) is 7.06. The Morgan fingerprint density at radius 3 is 2.83 bits per heavy atom. The standard InChI is InChI=1S/C19H14FNO2/c1-21-17-8-4-7-15(18(17)20)14-6-3-5-12-9-10-13(11-16(12)14)19(22)23-2/h4,6-11H,3,5H2,2H3. The zero-order valence-corrected chi connectivity index (χ0v) is 12.6. The maximum Gasteiger partial charge on any atom is 0.337 e. The third-order valence-corrected chi connectivity index (χ3v) is 3.97. The van der Waals surface area contributed by atoms with E-state index in [1.165, 1.54) is 13.2 Å². The fourth-order valence-electron chi connectivity index (χ4n) is 2.84. The van der Waals surface area contributed by atoms with Crippen LogP contribution in [0.5, 0.6) is 0 Å². The van der Waals surface area contributed by atoms with Gasteiger partial charge in [-0.25, -0.2) is 14.0 Å². The molecular weight excluding hydrogens is 293 g/mol. The molecule has 3 rings (SSSR count). The predicted octanol–water partition coefficient (Wildman–Crippen LogP) is 4.54. The highest BCUT2D eigenvalue weighted by molar-refractivity contribution is 5.93. The molecule has 0 unspecified atom stereocenters. The van der Waals surface area contributed by atoms with Gasteiger partial charge in [0.2, 0.25) is 5.69 Å². The first-order valence-corrected chi connectivity index (χ1v) is 7.24. The van der Waals surface area contributed by atoms with Crippen molar-refractivity contribution in [3.63, 3.8) is 0 Å². The van der Waals surface area contributed by atoms with Crippen LogP contribution < -0.4 is 0 Å². The highest BCUT2D eigenvalue weighted by atomic mass is 19.1. The summed E-state index contributed by atoms with van der Waals surface area (Å²) >= 11 is 0. The van der Waals surface area contributed by atoms with Crippen molar-refractivity contribution in [1.82, 2.24) is 0 Å². The van der Waals surface area contributed by atoms with Crippen LogP contribution in [0, 0.1) is 12.4 Å². The molecule has 0 bridgehead atoms. The summed E-state index contributed by atoms with van der Waals surface area (Å²) in [4.78, 5) is 15.0. The van der Waals surface area contributed by atoms with Crippen molar-refractivity contribution in [1.29, 1.82) is 0 Å². The van der Waals surface area contributed by atoms with E-state index in [0.717, 1.165) is 29.5 Å². The van der Waals surface area contributed by atoms with Gasteiger partial charge in [0, 0.05) is 5.56 Å². The molecule has 114 valence electrons. The Kier molecular flexibility index (Phi) is 3.94. The van der Waals surface area contributed by atoms with Crippen LogP contribution in [0.3, 0.4) is 0 Å². The molecule has 3 nitrogen and oxygen atoms in total. The van der Waals surface area contributed by atoms with Gasteiger partial charge in [0.25, 0.3) is 0 Å². The van der Waals surface area contributed by atoms with Gasteiger partial charge in [-0.3, -0.25) is 0 Å². The normalized spacial score (nSPS) is 12.8. The lowest BCUT2D eigenvalue weighted by Crippen LogP contribution is -2.07.